The fourth-order valence-corrected chi connectivity index (χ4v) is 5.18. The first-order valence-electron chi connectivity index (χ1n) is 10.9. The van der Waals surface area contributed by atoms with Crippen molar-refractivity contribution in [2.75, 3.05) is 45.8 Å². The van der Waals surface area contributed by atoms with Gasteiger partial charge in [0, 0.05) is 58.5 Å². The first-order chi connectivity index (χ1) is 14.8. The molecule has 10 heteroatoms. The molecule has 1 aromatic carbocycles. The number of benzene rings is 1. The Labute approximate surface area is 183 Å². The van der Waals surface area contributed by atoms with Gasteiger partial charge in [0.15, 0.2) is 0 Å². The van der Waals surface area contributed by atoms with Crippen molar-refractivity contribution < 1.29 is 22.6 Å². The summed E-state index contributed by atoms with van der Waals surface area (Å²) in [5.74, 6) is -0.0852. The molecule has 0 aromatic heterocycles. The maximum Gasteiger partial charge on any atom is 0.335 e. The van der Waals surface area contributed by atoms with Crippen LogP contribution in [0.5, 0.6) is 0 Å². The third-order valence-corrected chi connectivity index (χ3v) is 7.51. The Hall–Kier alpha value is -2.01. The van der Waals surface area contributed by atoms with Gasteiger partial charge in [0.2, 0.25) is 0 Å². The Balaban J connectivity index is 1.20. The predicted octanol–water partition coefficient (Wildman–Crippen LogP) is 1.18. The van der Waals surface area contributed by atoms with Crippen LogP contribution in [-0.4, -0.2) is 90.1 Å². The lowest BCUT2D eigenvalue weighted by Gasteiger charge is -2.36. The minimum Gasteiger partial charge on any atom is -0.388 e. The Morgan fingerprint density at radius 2 is 1.74 bits per heavy atom. The van der Waals surface area contributed by atoms with Crippen LogP contribution in [0.15, 0.2) is 35.5 Å². The third kappa shape index (κ3) is 5.43. The lowest BCUT2D eigenvalue weighted by molar-refractivity contribution is -0.125. The molecule has 1 spiro atoms. The van der Waals surface area contributed by atoms with E-state index in [1.165, 1.54) is 5.56 Å². The molecule has 170 valence electrons. The highest BCUT2D eigenvalue weighted by atomic mass is 32.2. The number of hydrogen-bond acceptors (Lipinski definition) is 6. The highest BCUT2D eigenvalue weighted by Gasteiger charge is 2.46. The largest absolute Gasteiger partial charge is 0.388 e. The minimum atomic E-state index is -4.19. The second-order valence-corrected chi connectivity index (χ2v) is 10.0. The minimum absolute atomic E-state index is 0.0852. The smallest absolute Gasteiger partial charge is 0.335 e. The molecule has 0 radical (unpaired) electrons. The fraction of sp³-hybridized carbons (Fsp3) is 0.619. The first kappa shape index (κ1) is 22.2. The molecular formula is C21H30N4O5S. The molecule has 3 heterocycles. The van der Waals surface area contributed by atoms with Crippen molar-refractivity contribution in [3.05, 3.63) is 35.9 Å². The molecule has 1 amide bonds. The van der Waals surface area contributed by atoms with Crippen LogP contribution in [0.1, 0.15) is 31.2 Å². The van der Waals surface area contributed by atoms with Gasteiger partial charge in [-0.05, 0) is 24.9 Å². The van der Waals surface area contributed by atoms with Crippen LogP contribution in [0.25, 0.3) is 0 Å². The molecule has 0 bridgehead atoms. The fourth-order valence-electron chi connectivity index (χ4n) is 4.54. The maximum atomic E-state index is 12.9. The zero-order valence-corrected chi connectivity index (χ0v) is 18.5. The second-order valence-electron chi connectivity index (χ2n) is 8.59. The number of piperidine rings is 1. The van der Waals surface area contributed by atoms with Crippen LogP contribution in [0.3, 0.4) is 0 Å². The monoisotopic (exact) mass is 450 g/mol. The molecule has 2 saturated heterocycles. The SMILES string of the molecule is O=C(C1=NOC2(CCN(S(=O)(=O)O)CC2)C1)N1CCN(CCCc2ccccc2)CC1. The van der Waals surface area contributed by atoms with Gasteiger partial charge < -0.3 is 9.74 Å². The number of amides is 1. The van der Waals surface area contributed by atoms with Crippen LogP contribution in [0.4, 0.5) is 0 Å². The van der Waals surface area contributed by atoms with Gasteiger partial charge in [0.05, 0.1) is 0 Å². The van der Waals surface area contributed by atoms with Crippen molar-refractivity contribution in [2.45, 2.75) is 37.7 Å². The maximum absolute atomic E-state index is 12.9. The van der Waals surface area contributed by atoms with Crippen molar-refractivity contribution in [3.8, 4) is 0 Å². The second kappa shape index (κ2) is 9.23. The van der Waals surface area contributed by atoms with Crippen LogP contribution in [0, 0.1) is 0 Å². The summed E-state index contributed by atoms with van der Waals surface area (Å²) in [6.45, 7) is 4.40. The molecule has 31 heavy (non-hydrogen) atoms. The highest BCUT2D eigenvalue weighted by Crippen LogP contribution is 2.35. The normalized spacial score (nSPS) is 22.4. The number of nitrogens with zero attached hydrogens (tertiary/aromatic N) is 4. The van der Waals surface area contributed by atoms with Gasteiger partial charge in [-0.2, -0.15) is 12.7 Å². The van der Waals surface area contributed by atoms with Gasteiger partial charge in [-0.15, -0.1) is 0 Å². The summed E-state index contributed by atoms with van der Waals surface area (Å²) < 4.78 is 32.8. The van der Waals surface area contributed by atoms with Crippen LogP contribution in [0.2, 0.25) is 0 Å². The number of hydrogen-bond donors (Lipinski definition) is 1. The summed E-state index contributed by atoms with van der Waals surface area (Å²) in [6.07, 6.45) is 3.36. The molecule has 3 aliphatic rings. The van der Waals surface area contributed by atoms with Crippen LogP contribution in [-0.2, 0) is 26.4 Å². The van der Waals surface area contributed by atoms with E-state index in [1.54, 1.807) is 0 Å². The number of oxime groups is 1. The van der Waals surface area contributed by atoms with Crippen LogP contribution >= 0.6 is 0 Å². The average molecular weight is 451 g/mol. The summed E-state index contributed by atoms with van der Waals surface area (Å²) >= 11 is 0. The molecule has 0 atom stereocenters. The van der Waals surface area contributed by atoms with E-state index in [0.29, 0.717) is 38.1 Å². The average Bonchev–Trinajstić information content (AvgIpc) is 3.17. The zero-order valence-electron chi connectivity index (χ0n) is 17.6. The van der Waals surface area contributed by atoms with Gasteiger partial charge in [0.1, 0.15) is 11.3 Å². The molecular weight excluding hydrogens is 420 g/mol. The number of piperazine rings is 1. The molecule has 1 N–H and O–H groups in total. The van der Waals surface area contributed by atoms with E-state index in [4.69, 9.17) is 4.84 Å². The topological polar surface area (TPSA) is 103 Å². The molecule has 9 nitrogen and oxygen atoms in total. The molecule has 1 aromatic rings. The molecule has 0 aliphatic carbocycles. The Bertz CT molecular complexity index is 905. The Kier molecular flexibility index (Phi) is 6.61. The van der Waals surface area contributed by atoms with E-state index in [0.717, 1.165) is 36.8 Å². The molecule has 0 saturated carbocycles. The Morgan fingerprint density at radius 3 is 2.39 bits per heavy atom. The number of aryl methyl sites for hydroxylation is 1. The standard InChI is InChI=1S/C21H30N4O5S/c26-20(19-17-21(30-22-19)8-11-25(12-9-21)31(27,28)29)24-15-13-23(14-16-24)10-4-7-18-5-2-1-3-6-18/h1-3,5-6H,4,7-17H2,(H,27,28,29). The lowest BCUT2D eigenvalue weighted by Crippen LogP contribution is -2.51. The van der Waals surface area contributed by atoms with E-state index in [-0.39, 0.29) is 19.0 Å². The molecule has 0 unspecified atom stereocenters. The number of carbonyl (C=O) groups excluding carboxylic acids is 1. The van der Waals surface area contributed by atoms with Crippen molar-refractivity contribution in [3.63, 3.8) is 0 Å². The lowest BCUT2D eigenvalue weighted by atomic mass is 9.87. The summed E-state index contributed by atoms with van der Waals surface area (Å²) in [7, 11) is -4.19. The van der Waals surface area contributed by atoms with E-state index < -0.39 is 15.9 Å². The summed E-state index contributed by atoms with van der Waals surface area (Å²) in [4.78, 5) is 22.7. The van der Waals surface area contributed by atoms with Crippen LogP contribution < -0.4 is 0 Å². The molecule has 4 rings (SSSR count). The van der Waals surface area contributed by atoms with Crippen molar-refractivity contribution in [1.82, 2.24) is 14.1 Å². The third-order valence-electron chi connectivity index (χ3n) is 6.49. The van der Waals surface area contributed by atoms with Crippen molar-refractivity contribution >= 4 is 21.9 Å². The molecule has 3 aliphatic heterocycles. The van der Waals surface area contributed by atoms with E-state index >= 15 is 0 Å². The van der Waals surface area contributed by atoms with Crippen molar-refractivity contribution in [1.29, 1.82) is 0 Å². The van der Waals surface area contributed by atoms with Gasteiger partial charge in [-0.3, -0.25) is 14.2 Å². The number of rotatable bonds is 6. The van der Waals surface area contributed by atoms with Gasteiger partial charge in [-0.25, -0.2) is 0 Å². The summed E-state index contributed by atoms with van der Waals surface area (Å²) in [5.41, 5.74) is 1.13. The van der Waals surface area contributed by atoms with Gasteiger partial charge in [-0.1, -0.05) is 35.5 Å². The summed E-state index contributed by atoms with van der Waals surface area (Å²) in [5, 5.41) is 4.06. The quantitative estimate of drug-likeness (QED) is 0.653. The van der Waals surface area contributed by atoms with Gasteiger partial charge in [0.25, 0.3) is 5.91 Å². The van der Waals surface area contributed by atoms with E-state index in [9.17, 15) is 17.8 Å². The highest BCUT2D eigenvalue weighted by molar-refractivity contribution is 7.83. The predicted molar refractivity (Wildman–Crippen MR) is 116 cm³/mol. The van der Waals surface area contributed by atoms with Crippen molar-refractivity contribution in [2.24, 2.45) is 5.16 Å². The number of carbonyl (C=O) groups is 1. The first-order valence-corrected chi connectivity index (χ1v) is 12.3. The Morgan fingerprint density at radius 1 is 1.06 bits per heavy atom. The molecule has 2 fully saturated rings. The van der Waals surface area contributed by atoms with Gasteiger partial charge >= 0.3 is 10.3 Å². The summed E-state index contributed by atoms with van der Waals surface area (Å²) in [6, 6.07) is 10.5. The van der Waals surface area contributed by atoms with E-state index in [1.807, 2.05) is 11.0 Å². The zero-order chi connectivity index (χ0) is 21.9. The van der Waals surface area contributed by atoms with E-state index in [2.05, 4.69) is 34.3 Å².